The number of allylic oxidation sites excluding steroid dienone is 3. The van der Waals surface area contributed by atoms with Crippen molar-refractivity contribution in [3.8, 4) is 57.5 Å². The van der Waals surface area contributed by atoms with Crippen LogP contribution in [0.15, 0.2) is 71.8 Å². The second-order valence-electron chi connectivity index (χ2n) is 14.8. The number of aliphatic hydroxyl groups excluding tert-OH is 1. The molecule has 4 aromatic carbocycles. The largest absolute Gasteiger partial charge is 0.508 e. The first-order chi connectivity index (χ1) is 29.0. The van der Waals surface area contributed by atoms with Crippen molar-refractivity contribution >= 4 is 27.5 Å². The molecular formula is C46H47BrO13. The summed E-state index contributed by atoms with van der Waals surface area (Å²) in [5, 5.41) is 30.8. The van der Waals surface area contributed by atoms with Crippen molar-refractivity contribution in [3.05, 3.63) is 105 Å². The summed E-state index contributed by atoms with van der Waals surface area (Å²) in [6, 6.07) is 13.3. The number of phenols is 2. The topological polar surface area (TPSA) is 169 Å². The minimum absolute atomic E-state index is 0.0468. The van der Waals surface area contributed by atoms with Crippen molar-refractivity contribution < 1.29 is 62.8 Å². The molecule has 0 aromatic heterocycles. The Morgan fingerprint density at radius 3 is 1.45 bits per heavy atom. The molecule has 0 saturated carbocycles. The molecule has 4 aliphatic rings. The van der Waals surface area contributed by atoms with E-state index in [1.165, 1.54) is 13.2 Å². The van der Waals surface area contributed by atoms with Crippen molar-refractivity contribution in [1.82, 2.24) is 0 Å². The van der Waals surface area contributed by atoms with Gasteiger partial charge in [0.05, 0.1) is 58.0 Å². The Morgan fingerprint density at radius 2 is 1.07 bits per heavy atom. The Labute approximate surface area is 356 Å². The zero-order chi connectivity index (χ0) is 42.8. The number of benzene rings is 4. The number of ketones is 2. The monoisotopic (exact) mass is 886 g/mol. The van der Waals surface area contributed by atoms with Crippen molar-refractivity contribution in [2.24, 2.45) is 0 Å². The molecule has 4 aliphatic heterocycles. The number of hydrogen-bond donors (Lipinski definition) is 3. The maximum Gasteiger partial charge on any atom is 0.178 e. The molecule has 4 atom stereocenters. The van der Waals surface area contributed by atoms with Gasteiger partial charge in [-0.25, -0.2) is 0 Å². The summed E-state index contributed by atoms with van der Waals surface area (Å²) in [6.07, 6.45) is 3.61. The molecule has 0 unspecified atom stereocenters. The van der Waals surface area contributed by atoms with E-state index in [9.17, 15) is 24.9 Å². The minimum Gasteiger partial charge on any atom is -0.508 e. The summed E-state index contributed by atoms with van der Waals surface area (Å²) >= 11 is 3.42. The molecule has 60 heavy (non-hydrogen) atoms. The number of phenolic OH excluding ortho intramolecular Hbond substituents is 2. The number of carbonyl (C=O) groups excluding carboxylic acids is 2. The molecule has 0 aliphatic carbocycles. The van der Waals surface area contributed by atoms with Crippen LogP contribution in [0.2, 0.25) is 0 Å². The lowest BCUT2D eigenvalue weighted by atomic mass is 9.81. The Bertz CT molecular complexity index is 2220. The molecule has 0 fully saturated rings. The molecule has 0 radical (unpaired) electrons. The SMILES string of the molecule is COc1cc2c(cc1OC)[C@@H]1C(=O)c3ccc(O)c(C/C=C(\C)CBr)c3O[C@@H]1CO2.COc1cc2c(cc1OC)[C@@H]1C(=O)c3ccc(O)c(C/C=C(\C)CO)c3O[C@@H]1CO2. The number of carbonyl (C=O) groups is 2. The third kappa shape index (κ3) is 7.81. The third-order valence-corrected chi connectivity index (χ3v) is 12.0. The molecule has 4 aromatic rings. The highest BCUT2D eigenvalue weighted by molar-refractivity contribution is 9.09. The molecule has 0 spiro atoms. The van der Waals surface area contributed by atoms with E-state index in [-0.39, 0.29) is 42.9 Å². The van der Waals surface area contributed by atoms with E-state index in [1.54, 1.807) is 76.8 Å². The summed E-state index contributed by atoms with van der Waals surface area (Å²) in [5.74, 6) is 3.01. The predicted octanol–water partition coefficient (Wildman–Crippen LogP) is 7.42. The van der Waals surface area contributed by atoms with Crippen LogP contribution in [0.1, 0.15) is 68.7 Å². The van der Waals surface area contributed by atoms with Gasteiger partial charge in [0, 0.05) is 39.7 Å². The van der Waals surface area contributed by atoms with E-state index in [4.69, 9.17) is 37.9 Å². The molecule has 0 saturated heterocycles. The second-order valence-corrected chi connectivity index (χ2v) is 15.4. The van der Waals surface area contributed by atoms with Crippen LogP contribution in [0.5, 0.6) is 57.5 Å². The summed E-state index contributed by atoms with van der Waals surface area (Å²) in [7, 11) is 6.19. The minimum atomic E-state index is -0.548. The van der Waals surface area contributed by atoms with Gasteiger partial charge in [0.2, 0.25) is 0 Å². The first-order valence-electron chi connectivity index (χ1n) is 19.3. The van der Waals surface area contributed by atoms with Crippen LogP contribution in [0, 0.1) is 0 Å². The highest BCUT2D eigenvalue weighted by Gasteiger charge is 2.46. The van der Waals surface area contributed by atoms with Crippen LogP contribution >= 0.6 is 15.9 Å². The van der Waals surface area contributed by atoms with E-state index >= 15 is 0 Å². The number of halogens is 1. The molecule has 8 rings (SSSR count). The van der Waals surface area contributed by atoms with Gasteiger partial charge in [0.25, 0.3) is 0 Å². The first-order valence-corrected chi connectivity index (χ1v) is 20.5. The lowest BCUT2D eigenvalue weighted by Crippen LogP contribution is -2.43. The number of alkyl halides is 1. The number of aromatic hydroxyl groups is 2. The zero-order valence-electron chi connectivity index (χ0n) is 34.1. The van der Waals surface area contributed by atoms with E-state index in [2.05, 4.69) is 15.9 Å². The van der Waals surface area contributed by atoms with Crippen molar-refractivity contribution in [3.63, 3.8) is 0 Å². The zero-order valence-corrected chi connectivity index (χ0v) is 35.7. The predicted molar refractivity (Wildman–Crippen MR) is 225 cm³/mol. The van der Waals surface area contributed by atoms with E-state index in [0.717, 1.165) is 16.5 Å². The normalized spacial score (nSPS) is 19.7. The summed E-state index contributed by atoms with van der Waals surface area (Å²) in [4.78, 5) is 27.0. The van der Waals surface area contributed by atoms with Crippen molar-refractivity contribution in [2.45, 2.75) is 50.7 Å². The molecule has 14 heteroatoms. The lowest BCUT2D eigenvalue weighted by molar-refractivity contribution is 0.0547. The van der Waals surface area contributed by atoms with Gasteiger partial charge in [-0.2, -0.15) is 0 Å². The fourth-order valence-electron chi connectivity index (χ4n) is 7.85. The van der Waals surface area contributed by atoms with Crippen LogP contribution < -0.4 is 37.9 Å². The van der Waals surface area contributed by atoms with Gasteiger partial charge >= 0.3 is 0 Å². The number of methoxy groups -OCH3 is 4. The summed E-state index contributed by atoms with van der Waals surface area (Å²) in [6.45, 7) is 4.14. The Morgan fingerprint density at radius 1 is 0.667 bits per heavy atom. The molecular weight excluding hydrogens is 840 g/mol. The lowest BCUT2D eigenvalue weighted by Gasteiger charge is -2.38. The van der Waals surface area contributed by atoms with E-state index < -0.39 is 24.0 Å². The average molecular weight is 888 g/mol. The van der Waals surface area contributed by atoms with E-state index in [1.807, 2.05) is 13.0 Å². The Kier molecular flexibility index (Phi) is 12.5. The Hall–Kier alpha value is -5.86. The van der Waals surface area contributed by atoms with Gasteiger partial charge in [0.1, 0.15) is 59.9 Å². The molecule has 3 N–H and O–H groups in total. The molecule has 0 bridgehead atoms. The fraction of sp³-hybridized carbons (Fsp3) is 0.348. The van der Waals surface area contributed by atoms with Crippen molar-refractivity contribution in [1.29, 1.82) is 0 Å². The van der Waals surface area contributed by atoms with Crippen LogP contribution in [0.25, 0.3) is 0 Å². The maximum atomic E-state index is 13.5. The average Bonchev–Trinajstić information content (AvgIpc) is 3.26. The van der Waals surface area contributed by atoms with Crippen LogP contribution in [-0.4, -0.2) is 92.7 Å². The number of aliphatic hydroxyl groups is 1. The maximum absolute atomic E-state index is 13.5. The first kappa shape index (κ1) is 42.3. The van der Waals surface area contributed by atoms with Gasteiger partial charge in [-0.1, -0.05) is 39.2 Å². The standard InChI is InChI=1S/C23H23BrO6.C23H24O7/c2*1-12(10-24)4-5-13-16(25)7-6-14-22(26)21-15-8-18(27-2)19(28-3)9-17(15)29-11-20(21)30-23(13)14/h4,6-9,20-21,25H,5,10-11H2,1-3H3;4,6-9,20-21,24-25H,5,10-11H2,1-3H3/b2*12-4+/t2*20-,21+/m11/s1. The smallest absolute Gasteiger partial charge is 0.178 e. The van der Waals surface area contributed by atoms with Crippen LogP contribution in [0.4, 0.5) is 0 Å². The highest BCUT2D eigenvalue weighted by atomic mass is 79.9. The van der Waals surface area contributed by atoms with Gasteiger partial charge in [-0.05, 0) is 63.1 Å². The van der Waals surface area contributed by atoms with Crippen LogP contribution in [-0.2, 0) is 12.8 Å². The summed E-state index contributed by atoms with van der Waals surface area (Å²) < 4.78 is 45.7. The number of hydrogen-bond acceptors (Lipinski definition) is 13. The van der Waals surface area contributed by atoms with Crippen LogP contribution in [0.3, 0.4) is 0 Å². The van der Waals surface area contributed by atoms with Gasteiger partial charge in [-0.3, -0.25) is 9.59 Å². The molecule has 0 amide bonds. The molecule has 316 valence electrons. The molecule has 4 heterocycles. The quantitative estimate of drug-likeness (QED) is 0.106. The van der Waals surface area contributed by atoms with Gasteiger partial charge in [0.15, 0.2) is 34.6 Å². The highest BCUT2D eigenvalue weighted by Crippen LogP contribution is 2.50. The second kappa shape index (κ2) is 17.8. The van der Waals surface area contributed by atoms with Gasteiger partial charge in [-0.15, -0.1) is 0 Å². The number of fused-ring (bicyclic) bond motifs is 8. The summed E-state index contributed by atoms with van der Waals surface area (Å²) in [5.41, 5.74) is 5.31. The number of ether oxygens (including phenoxy) is 8. The number of Topliss-reactive ketones (excluding diaryl/α,β-unsaturated/α-hetero) is 2. The van der Waals surface area contributed by atoms with E-state index in [0.29, 0.717) is 92.2 Å². The fourth-order valence-corrected chi connectivity index (χ4v) is 8.07. The molecule has 13 nitrogen and oxygen atoms in total. The van der Waals surface area contributed by atoms with Gasteiger partial charge < -0.3 is 53.2 Å². The van der Waals surface area contributed by atoms with Crippen molar-refractivity contribution in [2.75, 3.05) is 53.6 Å². The Balaban J connectivity index is 0.000000181. The third-order valence-electron chi connectivity index (χ3n) is 11.1. The number of rotatable bonds is 10.